The lowest BCUT2D eigenvalue weighted by Crippen LogP contribution is -2.14. The maximum atomic E-state index is 6.07. The summed E-state index contributed by atoms with van der Waals surface area (Å²) in [5.74, 6) is 2.07. The first kappa shape index (κ1) is 18.7. The monoisotopic (exact) mass is 384 g/mol. The number of ether oxygens (including phenoxy) is 1. The van der Waals surface area contributed by atoms with Crippen LogP contribution in [0.25, 0.3) is 0 Å². The molecule has 0 saturated carbocycles. The van der Waals surface area contributed by atoms with Crippen molar-refractivity contribution in [1.82, 2.24) is 9.97 Å². The van der Waals surface area contributed by atoms with Crippen molar-refractivity contribution in [2.75, 3.05) is 0 Å². The van der Waals surface area contributed by atoms with Gasteiger partial charge in [-0.15, -0.1) is 0 Å². The zero-order valence-electron chi connectivity index (χ0n) is 15.1. The van der Waals surface area contributed by atoms with Gasteiger partial charge in [-0.25, -0.2) is 4.98 Å². The highest BCUT2D eigenvalue weighted by Gasteiger charge is 2.19. The summed E-state index contributed by atoms with van der Waals surface area (Å²) in [6.45, 7) is 6.40. The van der Waals surface area contributed by atoms with E-state index in [1.54, 1.807) is 11.8 Å². The zero-order chi connectivity index (χ0) is 18.6. The van der Waals surface area contributed by atoms with E-state index in [-0.39, 0.29) is 5.41 Å². The average molecular weight is 385 g/mol. The highest BCUT2D eigenvalue weighted by atomic mass is 35.5. The average Bonchev–Trinajstić information content (AvgIpc) is 2.60. The van der Waals surface area contributed by atoms with Gasteiger partial charge in [0.05, 0.1) is 5.69 Å². The summed E-state index contributed by atoms with van der Waals surface area (Å²) in [6.07, 6.45) is 0. The molecule has 1 heterocycles. The molecule has 5 heteroatoms. The summed E-state index contributed by atoms with van der Waals surface area (Å²) in [5.41, 5.74) is 1.99. The van der Waals surface area contributed by atoms with Crippen molar-refractivity contribution in [2.45, 2.75) is 37.1 Å². The third kappa shape index (κ3) is 5.23. The van der Waals surface area contributed by atoms with Crippen LogP contribution in [-0.2, 0) is 11.2 Å². The molecule has 0 amide bonds. The minimum Gasteiger partial charge on any atom is -0.439 e. The number of benzene rings is 2. The smallest absolute Gasteiger partial charge is 0.223 e. The molecule has 0 fully saturated rings. The van der Waals surface area contributed by atoms with E-state index in [4.69, 9.17) is 21.3 Å². The number of thioether (sulfide) groups is 1. The van der Waals surface area contributed by atoms with Crippen LogP contribution >= 0.6 is 23.4 Å². The molecule has 0 aliphatic rings. The number of halogens is 1. The first-order chi connectivity index (χ1) is 12.4. The van der Waals surface area contributed by atoms with Crippen molar-refractivity contribution in [2.24, 2.45) is 0 Å². The van der Waals surface area contributed by atoms with Gasteiger partial charge in [-0.3, -0.25) is 0 Å². The maximum absolute atomic E-state index is 6.07. The molecular formula is C21H21ClN2OS. The van der Waals surface area contributed by atoms with E-state index in [1.807, 2.05) is 60.7 Å². The Morgan fingerprint density at radius 3 is 2.42 bits per heavy atom. The Kier molecular flexibility index (Phi) is 5.84. The molecule has 0 unspecified atom stereocenters. The second-order valence-corrected chi connectivity index (χ2v) is 8.34. The van der Waals surface area contributed by atoms with E-state index >= 15 is 0 Å². The standard InChI is InChI=1S/C21H21ClN2OS/c1-21(2,3)18-13-19(25-17-10-5-4-6-11-17)24-20(23-18)26-14-15-8-7-9-16(22)12-15/h4-13H,14H2,1-3H3. The third-order valence-electron chi connectivity index (χ3n) is 3.67. The summed E-state index contributed by atoms with van der Waals surface area (Å²) in [4.78, 5) is 9.30. The van der Waals surface area contributed by atoms with Gasteiger partial charge in [0.1, 0.15) is 5.75 Å². The number of para-hydroxylation sites is 1. The van der Waals surface area contributed by atoms with Crippen LogP contribution in [0.3, 0.4) is 0 Å². The van der Waals surface area contributed by atoms with Gasteiger partial charge in [-0.2, -0.15) is 4.98 Å². The van der Waals surface area contributed by atoms with Crippen LogP contribution in [0.5, 0.6) is 11.6 Å². The van der Waals surface area contributed by atoms with Crippen LogP contribution in [0.1, 0.15) is 32.0 Å². The molecule has 0 bridgehead atoms. The molecule has 26 heavy (non-hydrogen) atoms. The molecule has 0 aliphatic carbocycles. The van der Waals surface area contributed by atoms with Gasteiger partial charge in [-0.1, -0.05) is 74.5 Å². The molecule has 1 aromatic heterocycles. The highest BCUT2D eigenvalue weighted by molar-refractivity contribution is 7.98. The molecule has 0 radical (unpaired) electrons. The molecule has 3 aromatic rings. The summed E-state index contributed by atoms with van der Waals surface area (Å²) < 4.78 is 5.94. The van der Waals surface area contributed by atoms with Crippen molar-refractivity contribution in [3.05, 3.63) is 76.9 Å². The topological polar surface area (TPSA) is 35.0 Å². The third-order valence-corrected chi connectivity index (χ3v) is 4.83. The van der Waals surface area contributed by atoms with Crippen molar-refractivity contribution in [3.63, 3.8) is 0 Å². The fourth-order valence-electron chi connectivity index (χ4n) is 2.29. The first-order valence-corrected chi connectivity index (χ1v) is 9.76. The minimum atomic E-state index is -0.0941. The van der Waals surface area contributed by atoms with Crippen LogP contribution in [-0.4, -0.2) is 9.97 Å². The Morgan fingerprint density at radius 1 is 0.962 bits per heavy atom. The van der Waals surface area contributed by atoms with Crippen LogP contribution in [0, 0.1) is 0 Å². The molecule has 0 saturated heterocycles. The van der Waals surface area contributed by atoms with Crippen LogP contribution in [0.2, 0.25) is 5.02 Å². The number of rotatable bonds is 5. The lowest BCUT2D eigenvalue weighted by molar-refractivity contribution is 0.447. The van der Waals surface area contributed by atoms with Gasteiger partial charge in [0, 0.05) is 22.3 Å². The van der Waals surface area contributed by atoms with E-state index in [2.05, 4.69) is 25.8 Å². The van der Waals surface area contributed by atoms with Crippen LogP contribution in [0.15, 0.2) is 65.8 Å². The van der Waals surface area contributed by atoms with E-state index < -0.39 is 0 Å². The van der Waals surface area contributed by atoms with E-state index in [0.29, 0.717) is 11.0 Å². The highest BCUT2D eigenvalue weighted by Crippen LogP contribution is 2.30. The number of hydrogen-bond acceptors (Lipinski definition) is 4. The van der Waals surface area contributed by atoms with E-state index in [9.17, 15) is 0 Å². The second-order valence-electron chi connectivity index (χ2n) is 6.96. The van der Waals surface area contributed by atoms with Crippen molar-refractivity contribution < 1.29 is 4.74 Å². The van der Waals surface area contributed by atoms with Gasteiger partial charge >= 0.3 is 0 Å². The largest absolute Gasteiger partial charge is 0.439 e. The molecule has 0 spiro atoms. The minimum absolute atomic E-state index is 0.0941. The van der Waals surface area contributed by atoms with Gasteiger partial charge < -0.3 is 4.74 Å². The molecule has 2 aromatic carbocycles. The van der Waals surface area contributed by atoms with Gasteiger partial charge in [0.15, 0.2) is 5.16 Å². The van der Waals surface area contributed by atoms with Crippen LogP contribution in [0.4, 0.5) is 0 Å². The summed E-state index contributed by atoms with van der Waals surface area (Å²) in [6, 6.07) is 19.4. The Bertz CT molecular complexity index is 879. The lowest BCUT2D eigenvalue weighted by atomic mass is 9.92. The molecule has 0 N–H and O–H groups in total. The fourth-order valence-corrected chi connectivity index (χ4v) is 3.29. The fraction of sp³-hybridized carbons (Fsp3) is 0.238. The predicted molar refractivity (Wildman–Crippen MR) is 108 cm³/mol. The molecule has 0 atom stereocenters. The molecule has 134 valence electrons. The van der Waals surface area contributed by atoms with Gasteiger partial charge in [-0.05, 0) is 29.8 Å². The van der Waals surface area contributed by atoms with E-state index in [0.717, 1.165) is 27.8 Å². The Hall–Kier alpha value is -2.04. The molecule has 3 rings (SSSR count). The Morgan fingerprint density at radius 2 is 1.73 bits per heavy atom. The van der Waals surface area contributed by atoms with Gasteiger partial charge in [0.2, 0.25) is 5.88 Å². The summed E-state index contributed by atoms with van der Waals surface area (Å²) in [5, 5.41) is 1.43. The summed E-state index contributed by atoms with van der Waals surface area (Å²) in [7, 11) is 0. The number of hydrogen-bond donors (Lipinski definition) is 0. The normalized spacial score (nSPS) is 11.4. The van der Waals surface area contributed by atoms with Crippen molar-refractivity contribution in [3.8, 4) is 11.6 Å². The second kappa shape index (κ2) is 8.11. The van der Waals surface area contributed by atoms with Crippen molar-refractivity contribution in [1.29, 1.82) is 0 Å². The quantitative estimate of drug-likeness (QED) is 0.371. The Balaban J connectivity index is 1.85. The summed E-state index contributed by atoms with van der Waals surface area (Å²) >= 11 is 7.64. The first-order valence-electron chi connectivity index (χ1n) is 8.40. The molecular weight excluding hydrogens is 364 g/mol. The van der Waals surface area contributed by atoms with Crippen LogP contribution < -0.4 is 4.74 Å². The van der Waals surface area contributed by atoms with E-state index in [1.165, 1.54) is 0 Å². The number of nitrogens with zero attached hydrogens (tertiary/aromatic N) is 2. The number of aromatic nitrogens is 2. The molecule has 0 aliphatic heterocycles. The lowest BCUT2D eigenvalue weighted by Gasteiger charge is -2.19. The van der Waals surface area contributed by atoms with Crippen molar-refractivity contribution >= 4 is 23.4 Å². The SMILES string of the molecule is CC(C)(C)c1cc(Oc2ccccc2)nc(SCc2cccc(Cl)c2)n1. The molecule has 3 nitrogen and oxygen atoms in total. The maximum Gasteiger partial charge on any atom is 0.223 e. The zero-order valence-corrected chi connectivity index (χ0v) is 16.6. The predicted octanol–water partition coefficient (Wildman–Crippen LogP) is 6.51. The Labute approximate surface area is 163 Å². The van der Waals surface area contributed by atoms with Gasteiger partial charge in [0.25, 0.3) is 0 Å².